The third kappa shape index (κ3) is 4.29. The number of aryl methyl sites for hydroxylation is 2. The molecular formula is C19H20N4O. The molecule has 122 valence electrons. The Morgan fingerprint density at radius 1 is 1.08 bits per heavy atom. The van der Waals surface area contributed by atoms with Crippen molar-refractivity contribution in [3.63, 3.8) is 0 Å². The SMILES string of the molecule is Cc1cccc(Cc2nc(CC(=O)Nc3cccc(C)c3)n[nH]2)c1. The fraction of sp³-hybridized carbons (Fsp3) is 0.211. The topological polar surface area (TPSA) is 70.7 Å². The quantitative estimate of drug-likeness (QED) is 0.758. The van der Waals surface area contributed by atoms with Crippen LogP contribution >= 0.6 is 0 Å². The van der Waals surface area contributed by atoms with Gasteiger partial charge in [-0.15, -0.1) is 0 Å². The van der Waals surface area contributed by atoms with E-state index in [0.717, 1.165) is 17.1 Å². The predicted molar refractivity (Wildman–Crippen MR) is 93.9 cm³/mol. The zero-order valence-corrected chi connectivity index (χ0v) is 13.8. The second-order valence-electron chi connectivity index (χ2n) is 5.96. The number of benzene rings is 2. The van der Waals surface area contributed by atoms with E-state index in [-0.39, 0.29) is 12.3 Å². The first-order valence-electron chi connectivity index (χ1n) is 7.91. The summed E-state index contributed by atoms with van der Waals surface area (Å²) in [6.45, 7) is 4.05. The Balaban J connectivity index is 1.60. The summed E-state index contributed by atoms with van der Waals surface area (Å²) in [5.74, 6) is 1.14. The molecule has 1 aromatic heterocycles. The molecule has 2 aromatic carbocycles. The van der Waals surface area contributed by atoms with Crippen LogP contribution in [-0.4, -0.2) is 21.1 Å². The van der Waals surface area contributed by atoms with Gasteiger partial charge in [0.05, 0.1) is 6.42 Å². The average molecular weight is 320 g/mol. The fourth-order valence-corrected chi connectivity index (χ4v) is 2.58. The van der Waals surface area contributed by atoms with E-state index >= 15 is 0 Å². The summed E-state index contributed by atoms with van der Waals surface area (Å²) in [5.41, 5.74) is 4.27. The van der Waals surface area contributed by atoms with Crippen molar-refractivity contribution in [1.29, 1.82) is 0 Å². The number of hydrogen-bond donors (Lipinski definition) is 2. The van der Waals surface area contributed by atoms with E-state index < -0.39 is 0 Å². The van der Waals surface area contributed by atoms with E-state index in [1.54, 1.807) is 0 Å². The molecule has 1 amide bonds. The number of carbonyl (C=O) groups is 1. The Morgan fingerprint density at radius 2 is 1.83 bits per heavy atom. The van der Waals surface area contributed by atoms with Gasteiger partial charge in [-0.2, -0.15) is 5.10 Å². The van der Waals surface area contributed by atoms with Gasteiger partial charge in [-0.1, -0.05) is 42.0 Å². The lowest BCUT2D eigenvalue weighted by Crippen LogP contribution is -2.15. The minimum absolute atomic E-state index is 0.123. The Kier molecular flexibility index (Phi) is 4.70. The molecule has 0 saturated carbocycles. The monoisotopic (exact) mass is 320 g/mol. The molecule has 3 aromatic rings. The number of rotatable bonds is 5. The lowest BCUT2D eigenvalue weighted by atomic mass is 10.1. The number of carbonyl (C=O) groups excluding carboxylic acids is 1. The van der Waals surface area contributed by atoms with Crippen LogP contribution in [0, 0.1) is 13.8 Å². The third-order valence-electron chi connectivity index (χ3n) is 3.65. The Labute approximate surface area is 141 Å². The lowest BCUT2D eigenvalue weighted by Gasteiger charge is -2.04. The number of aromatic nitrogens is 3. The highest BCUT2D eigenvalue weighted by Gasteiger charge is 2.10. The van der Waals surface area contributed by atoms with Crippen molar-refractivity contribution in [1.82, 2.24) is 15.2 Å². The van der Waals surface area contributed by atoms with E-state index in [1.807, 2.05) is 37.3 Å². The molecule has 0 aliphatic rings. The van der Waals surface area contributed by atoms with Crippen LogP contribution in [0.1, 0.15) is 28.3 Å². The van der Waals surface area contributed by atoms with E-state index in [4.69, 9.17) is 0 Å². The van der Waals surface area contributed by atoms with Crippen LogP contribution in [0.2, 0.25) is 0 Å². The number of hydrogen-bond acceptors (Lipinski definition) is 3. The predicted octanol–water partition coefficient (Wildman–Crippen LogP) is 3.19. The molecule has 3 rings (SSSR count). The van der Waals surface area contributed by atoms with Gasteiger partial charge in [-0.25, -0.2) is 4.98 Å². The summed E-state index contributed by atoms with van der Waals surface area (Å²) in [7, 11) is 0. The maximum absolute atomic E-state index is 12.1. The largest absolute Gasteiger partial charge is 0.326 e. The van der Waals surface area contributed by atoms with Gasteiger partial charge in [0, 0.05) is 12.1 Å². The highest BCUT2D eigenvalue weighted by molar-refractivity contribution is 5.91. The second-order valence-corrected chi connectivity index (χ2v) is 5.96. The van der Waals surface area contributed by atoms with Gasteiger partial charge in [0.1, 0.15) is 5.82 Å². The summed E-state index contributed by atoms with van der Waals surface area (Å²) in [6.07, 6.45) is 0.826. The minimum atomic E-state index is -0.123. The van der Waals surface area contributed by atoms with Crippen molar-refractivity contribution in [2.75, 3.05) is 5.32 Å². The zero-order valence-electron chi connectivity index (χ0n) is 13.8. The normalized spacial score (nSPS) is 10.6. The van der Waals surface area contributed by atoms with Crippen LogP contribution < -0.4 is 5.32 Å². The molecule has 0 atom stereocenters. The Bertz CT molecular complexity index is 854. The van der Waals surface area contributed by atoms with Crippen molar-refractivity contribution in [2.45, 2.75) is 26.7 Å². The first kappa shape index (κ1) is 15.9. The molecule has 0 bridgehead atoms. The fourth-order valence-electron chi connectivity index (χ4n) is 2.58. The van der Waals surface area contributed by atoms with E-state index in [0.29, 0.717) is 12.2 Å². The first-order chi connectivity index (χ1) is 11.6. The molecule has 5 nitrogen and oxygen atoms in total. The molecule has 0 aliphatic heterocycles. The minimum Gasteiger partial charge on any atom is -0.326 e. The molecule has 2 N–H and O–H groups in total. The third-order valence-corrected chi connectivity index (χ3v) is 3.65. The first-order valence-corrected chi connectivity index (χ1v) is 7.91. The highest BCUT2D eigenvalue weighted by Crippen LogP contribution is 2.11. The number of amides is 1. The molecule has 0 spiro atoms. The molecule has 1 heterocycles. The van der Waals surface area contributed by atoms with Crippen LogP contribution in [0.3, 0.4) is 0 Å². The van der Waals surface area contributed by atoms with Gasteiger partial charge in [0.25, 0.3) is 0 Å². The standard InChI is InChI=1S/C19H20N4O/c1-13-5-3-7-15(9-13)11-17-21-18(23-22-17)12-19(24)20-16-8-4-6-14(2)10-16/h3-10H,11-12H2,1-2H3,(H,20,24)(H,21,22,23). The van der Waals surface area contributed by atoms with Crippen molar-refractivity contribution >= 4 is 11.6 Å². The van der Waals surface area contributed by atoms with Crippen LogP contribution in [-0.2, 0) is 17.6 Å². The number of nitrogens with zero attached hydrogens (tertiary/aromatic N) is 2. The number of anilines is 1. The van der Waals surface area contributed by atoms with Gasteiger partial charge < -0.3 is 5.32 Å². The van der Waals surface area contributed by atoms with Crippen molar-refractivity contribution < 1.29 is 4.79 Å². The molecule has 5 heteroatoms. The summed E-state index contributed by atoms with van der Waals surface area (Å²) in [6, 6.07) is 16.0. The zero-order chi connectivity index (χ0) is 16.9. The second kappa shape index (κ2) is 7.08. The van der Waals surface area contributed by atoms with E-state index in [1.165, 1.54) is 11.1 Å². The van der Waals surface area contributed by atoms with Crippen molar-refractivity contribution in [3.05, 3.63) is 76.9 Å². The van der Waals surface area contributed by atoms with E-state index in [2.05, 4.69) is 45.6 Å². The van der Waals surface area contributed by atoms with E-state index in [9.17, 15) is 4.79 Å². The lowest BCUT2D eigenvalue weighted by molar-refractivity contribution is -0.115. The summed E-state index contributed by atoms with van der Waals surface area (Å²) in [4.78, 5) is 16.5. The molecule has 24 heavy (non-hydrogen) atoms. The smallest absolute Gasteiger partial charge is 0.232 e. The van der Waals surface area contributed by atoms with Gasteiger partial charge in [0.2, 0.25) is 5.91 Å². The Morgan fingerprint density at radius 3 is 2.58 bits per heavy atom. The number of H-pyrrole nitrogens is 1. The average Bonchev–Trinajstić information content (AvgIpc) is 2.94. The molecule has 0 fully saturated rings. The highest BCUT2D eigenvalue weighted by atomic mass is 16.1. The molecule has 0 aliphatic carbocycles. The van der Waals surface area contributed by atoms with Gasteiger partial charge in [0.15, 0.2) is 5.82 Å². The van der Waals surface area contributed by atoms with Gasteiger partial charge >= 0.3 is 0 Å². The maximum Gasteiger partial charge on any atom is 0.232 e. The molecule has 0 unspecified atom stereocenters. The van der Waals surface area contributed by atoms with Crippen LogP contribution in [0.5, 0.6) is 0 Å². The molecule has 0 radical (unpaired) electrons. The van der Waals surface area contributed by atoms with Crippen LogP contribution in [0.25, 0.3) is 0 Å². The van der Waals surface area contributed by atoms with Crippen LogP contribution in [0.15, 0.2) is 48.5 Å². The number of aromatic amines is 1. The van der Waals surface area contributed by atoms with Crippen molar-refractivity contribution in [2.24, 2.45) is 0 Å². The Hall–Kier alpha value is -2.95. The van der Waals surface area contributed by atoms with Gasteiger partial charge in [-0.05, 0) is 37.1 Å². The van der Waals surface area contributed by atoms with Crippen molar-refractivity contribution in [3.8, 4) is 0 Å². The maximum atomic E-state index is 12.1. The molecular weight excluding hydrogens is 300 g/mol. The van der Waals surface area contributed by atoms with Crippen LogP contribution in [0.4, 0.5) is 5.69 Å². The molecule has 0 saturated heterocycles. The van der Waals surface area contributed by atoms with Gasteiger partial charge in [-0.3, -0.25) is 9.89 Å². The summed E-state index contributed by atoms with van der Waals surface area (Å²) >= 11 is 0. The summed E-state index contributed by atoms with van der Waals surface area (Å²) in [5, 5.41) is 9.91. The summed E-state index contributed by atoms with van der Waals surface area (Å²) < 4.78 is 0. The number of nitrogens with one attached hydrogen (secondary N) is 2.